The number of aryl methyl sites for hydroxylation is 1. The average molecular weight is 344 g/mol. The van der Waals surface area contributed by atoms with E-state index in [-0.39, 0.29) is 28.9 Å². The van der Waals surface area contributed by atoms with Gasteiger partial charge in [0.15, 0.2) is 5.82 Å². The number of benzene rings is 1. The second-order valence-electron chi connectivity index (χ2n) is 4.81. The maximum Gasteiger partial charge on any atom is 0.245 e. The van der Waals surface area contributed by atoms with E-state index < -0.39 is 16.1 Å². The first-order valence-electron chi connectivity index (χ1n) is 6.64. The van der Waals surface area contributed by atoms with Crippen molar-refractivity contribution in [3.05, 3.63) is 41.0 Å². The van der Waals surface area contributed by atoms with Crippen LogP contribution in [0.25, 0.3) is 0 Å². The first-order chi connectivity index (χ1) is 10.5. The van der Waals surface area contributed by atoms with Crippen molar-refractivity contribution in [1.29, 1.82) is 0 Å². The third-order valence-electron chi connectivity index (χ3n) is 3.34. The molecule has 0 amide bonds. The number of sulfonamides is 1. The molecule has 7 nitrogen and oxygen atoms in total. The third-order valence-corrected chi connectivity index (χ3v) is 5.75. The van der Waals surface area contributed by atoms with Crippen LogP contribution in [0.5, 0.6) is 0 Å². The van der Waals surface area contributed by atoms with Gasteiger partial charge in [0, 0.05) is 13.5 Å². The van der Waals surface area contributed by atoms with E-state index in [1.165, 1.54) is 10.4 Å². The van der Waals surface area contributed by atoms with Crippen molar-refractivity contribution in [2.24, 2.45) is 0 Å². The molecule has 1 aliphatic heterocycles. The lowest BCUT2D eigenvalue weighted by atomic mass is 10.2. The molecule has 1 unspecified atom stereocenters. The Hall–Kier alpha value is -1.48. The van der Waals surface area contributed by atoms with Crippen LogP contribution in [-0.4, -0.2) is 42.6 Å². The minimum atomic E-state index is -3.78. The Bertz CT molecular complexity index is 777. The van der Waals surface area contributed by atoms with E-state index in [0.717, 1.165) is 0 Å². The van der Waals surface area contributed by atoms with E-state index >= 15 is 0 Å². The fourth-order valence-corrected chi connectivity index (χ4v) is 4.36. The normalized spacial score (nSPS) is 20.2. The highest BCUT2D eigenvalue weighted by Crippen LogP contribution is 2.31. The van der Waals surface area contributed by atoms with Crippen molar-refractivity contribution in [3.63, 3.8) is 0 Å². The van der Waals surface area contributed by atoms with Crippen LogP contribution in [0, 0.1) is 6.92 Å². The summed E-state index contributed by atoms with van der Waals surface area (Å²) >= 11 is 6.04. The predicted molar refractivity (Wildman–Crippen MR) is 77.9 cm³/mol. The van der Waals surface area contributed by atoms with Crippen LogP contribution < -0.4 is 0 Å². The Morgan fingerprint density at radius 2 is 2.14 bits per heavy atom. The third kappa shape index (κ3) is 2.74. The molecule has 1 fully saturated rings. The topological polar surface area (TPSA) is 85.5 Å². The lowest BCUT2D eigenvalue weighted by molar-refractivity contribution is 0.0282. The van der Waals surface area contributed by atoms with Crippen LogP contribution in [0.1, 0.15) is 17.8 Å². The van der Waals surface area contributed by atoms with Crippen LogP contribution in [0.3, 0.4) is 0 Å². The van der Waals surface area contributed by atoms with Gasteiger partial charge >= 0.3 is 0 Å². The van der Waals surface area contributed by atoms with E-state index in [0.29, 0.717) is 12.5 Å². The van der Waals surface area contributed by atoms with Gasteiger partial charge in [-0.2, -0.15) is 9.29 Å². The Labute approximate surface area is 132 Å². The Kier molecular flexibility index (Phi) is 4.18. The first-order valence-corrected chi connectivity index (χ1v) is 8.46. The second-order valence-corrected chi connectivity index (χ2v) is 7.07. The molecular formula is C13H14ClN3O4S. The summed E-state index contributed by atoms with van der Waals surface area (Å²) in [5, 5.41) is 3.99. The van der Waals surface area contributed by atoms with Crippen molar-refractivity contribution in [1.82, 2.24) is 14.4 Å². The van der Waals surface area contributed by atoms with Crippen molar-refractivity contribution in [3.8, 4) is 0 Å². The molecule has 1 atom stereocenters. The van der Waals surface area contributed by atoms with Crippen LogP contribution in [0.4, 0.5) is 0 Å². The average Bonchev–Trinajstić information content (AvgIpc) is 2.94. The zero-order chi connectivity index (χ0) is 15.7. The summed E-state index contributed by atoms with van der Waals surface area (Å²) in [4.78, 5) is 4.18. The molecule has 0 aliphatic carbocycles. The molecule has 2 aromatic rings. The smallest absolute Gasteiger partial charge is 0.245 e. The molecule has 1 aromatic heterocycles. The number of morpholine rings is 1. The summed E-state index contributed by atoms with van der Waals surface area (Å²) in [6.07, 6.45) is 0. The molecule has 1 aromatic carbocycles. The fraction of sp³-hybridized carbons (Fsp3) is 0.385. The quantitative estimate of drug-likeness (QED) is 0.844. The highest BCUT2D eigenvalue weighted by atomic mass is 35.5. The van der Waals surface area contributed by atoms with Crippen LogP contribution in [0.15, 0.2) is 33.7 Å². The van der Waals surface area contributed by atoms with E-state index in [9.17, 15) is 8.42 Å². The summed E-state index contributed by atoms with van der Waals surface area (Å²) in [6.45, 7) is 2.32. The Morgan fingerprint density at radius 3 is 2.82 bits per heavy atom. The predicted octanol–water partition coefficient (Wildman–Crippen LogP) is 1.79. The standard InChI is InChI=1S/C13H14ClN3O4S/c1-9-15-13(16-21-9)11-8-20-7-6-17(11)22(18,19)12-5-3-2-4-10(12)14/h2-5,11H,6-8H2,1H3. The van der Waals surface area contributed by atoms with Crippen molar-refractivity contribution in [2.75, 3.05) is 19.8 Å². The minimum Gasteiger partial charge on any atom is -0.378 e. The lowest BCUT2D eigenvalue weighted by Gasteiger charge is -2.32. The molecule has 3 rings (SSSR count). The van der Waals surface area contributed by atoms with Crippen LogP contribution >= 0.6 is 11.6 Å². The zero-order valence-corrected chi connectivity index (χ0v) is 13.3. The van der Waals surface area contributed by atoms with Gasteiger partial charge in [-0.1, -0.05) is 28.9 Å². The van der Waals surface area contributed by atoms with E-state index in [1.54, 1.807) is 25.1 Å². The summed E-state index contributed by atoms with van der Waals surface area (Å²) in [7, 11) is -3.78. The summed E-state index contributed by atoms with van der Waals surface area (Å²) in [6, 6.07) is 5.70. The van der Waals surface area contributed by atoms with Crippen molar-refractivity contribution in [2.45, 2.75) is 17.9 Å². The van der Waals surface area contributed by atoms with E-state index in [2.05, 4.69) is 10.1 Å². The number of halogens is 1. The summed E-state index contributed by atoms with van der Waals surface area (Å²) in [5.41, 5.74) is 0. The number of aromatic nitrogens is 2. The second kappa shape index (κ2) is 5.96. The maximum atomic E-state index is 12.9. The number of hydrogen-bond donors (Lipinski definition) is 0. The molecule has 22 heavy (non-hydrogen) atoms. The van der Waals surface area contributed by atoms with Gasteiger partial charge in [-0.25, -0.2) is 8.42 Å². The largest absolute Gasteiger partial charge is 0.378 e. The van der Waals surface area contributed by atoms with Gasteiger partial charge in [-0.3, -0.25) is 0 Å². The number of ether oxygens (including phenoxy) is 1. The summed E-state index contributed by atoms with van der Waals surface area (Å²) in [5.74, 6) is 0.656. The molecule has 0 N–H and O–H groups in total. The highest BCUT2D eigenvalue weighted by Gasteiger charge is 2.38. The highest BCUT2D eigenvalue weighted by molar-refractivity contribution is 7.89. The molecule has 2 heterocycles. The molecule has 118 valence electrons. The molecule has 0 radical (unpaired) electrons. The van der Waals surface area contributed by atoms with Gasteiger partial charge in [-0.05, 0) is 12.1 Å². The van der Waals surface area contributed by atoms with Gasteiger partial charge in [0.2, 0.25) is 15.9 Å². The van der Waals surface area contributed by atoms with Gasteiger partial charge in [0.25, 0.3) is 0 Å². The molecule has 1 aliphatic rings. The SMILES string of the molecule is Cc1nc(C2COCCN2S(=O)(=O)c2ccccc2Cl)no1. The summed E-state index contributed by atoms with van der Waals surface area (Å²) < 4.78 is 37.4. The molecule has 0 saturated carbocycles. The van der Waals surface area contributed by atoms with Crippen molar-refractivity contribution >= 4 is 21.6 Å². The van der Waals surface area contributed by atoms with Gasteiger partial charge < -0.3 is 9.26 Å². The number of nitrogens with zero attached hydrogens (tertiary/aromatic N) is 3. The minimum absolute atomic E-state index is 0.0591. The lowest BCUT2D eigenvalue weighted by Crippen LogP contribution is -2.43. The monoisotopic (exact) mass is 343 g/mol. The maximum absolute atomic E-state index is 12.9. The number of rotatable bonds is 3. The van der Waals surface area contributed by atoms with E-state index in [4.69, 9.17) is 20.9 Å². The Balaban J connectivity index is 2.02. The van der Waals surface area contributed by atoms with Crippen molar-refractivity contribution < 1.29 is 17.7 Å². The van der Waals surface area contributed by atoms with Gasteiger partial charge in [-0.15, -0.1) is 0 Å². The Morgan fingerprint density at radius 1 is 1.36 bits per heavy atom. The molecule has 1 saturated heterocycles. The fourth-order valence-electron chi connectivity index (χ4n) is 2.31. The van der Waals surface area contributed by atoms with E-state index in [1.807, 2.05) is 0 Å². The zero-order valence-electron chi connectivity index (χ0n) is 11.8. The first kappa shape index (κ1) is 15.4. The molecule has 0 spiro atoms. The van der Waals surface area contributed by atoms with Gasteiger partial charge in [0.05, 0.1) is 18.2 Å². The molecule has 0 bridgehead atoms. The molecule has 9 heteroatoms. The number of hydrogen-bond acceptors (Lipinski definition) is 6. The van der Waals surface area contributed by atoms with Crippen LogP contribution in [0.2, 0.25) is 5.02 Å². The van der Waals surface area contributed by atoms with Crippen LogP contribution in [-0.2, 0) is 14.8 Å². The molecular weight excluding hydrogens is 330 g/mol. The van der Waals surface area contributed by atoms with Gasteiger partial charge in [0.1, 0.15) is 10.9 Å².